The van der Waals surface area contributed by atoms with Gasteiger partial charge in [-0.15, -0.1) is 0 Å². The lowest BCUT2D eigenvalue weighted by Crippen LogP contribution is -2.35. The lowest BCUT2D eigenvalue weighted by molar-refractivity contribution is -0.129. The lowest BCUT2D eigenvalue weighted by atomic mass is 10.0. The Labute approximate surface area is 182 Å². The summed E-state index contributed by atoms with van der Waals surface area (Å²) in [7, 11) is 3.45. The summed E-state index contributed by atoms with van der Waals surface area (Å²) in [4.78, 5) is 38.3. The minimum atomic E-state index is -0.0300. The van der Waals surface area contributed by atoms with E-state index in [4.69, 9.17) is 14.7 Å². The number of ether oxygens (including phenoxy) is 1. The number of methoxy groups -OCH3 is 1. The number of aryl methyl sites for hydroxylation is 1. The third kappa shape index (κ3) is 3.94. The Hall–Kier alpha value is -3.16. The quantitative estimate of drug-likeness (QED) is 0.812. The molecule has 2 aliphatic heterocycles. The van der Waals surface area contributed by atoms with E-state index in [0.29, 0.717) is 37.5 Å². The Kier molecular flexibility index (Phi) is 5.80. The fraction of sp³-hybridized carbons (Fsp3) is 0.478. The van der Waals surface area contributed by atoms with E-state index in [-0.39, 0.29) is 17.7 Å². The van der Waals surface area contributed by atoms with Crippen LogP contribution in [0.3, 0.4) is 0 Å². The van der Waals surface area contributed by atoms with E-state index in [2.05, 4.69) is 5.32 Å². The zero-order chi connectivity index (χ0) is 22.1. The first-order valence-electron chi connectivity index (χ1n) is 10.7. The van der Waals surface area contributed by atoms with Gasteiger partial charge in [0.05, 0.1) is 24.9 Å². The number of fused-ring (bicyclic) bond motifs is 1. The van der Waals surface area contributed by atoms with Crippen molar-refractivity contribution in [1.82, 2.24) is 19.8 Å². The topological polar surface area (TPSA) is 87.7 Å². The molecule has 8 nitrogen and oxygen atoms in total. The van der Waals surface area contributed by atoms with Crippen LogP contribution in [-0.2, 0) is 17.8 Å². The average molecular weight is 424 g/mol. The molecular formula is C23H29N5O3. The maximum Gasteiger partial charge on any atom is 0.257 e. The minimum Gasteiger partial charge on any atom is -0.496 e. The number of carbonyl (C=O) groups is 2. The smallest absolute Gasteiger partial charge is 0.257 e. The number of aromatic nitrogens is 2. The molecule has 2 aliphatic rings. The van der Waals surface area contributed by atoms with Gasteiger partial charge in [-0.2, -0.15) is 0 Å². The minimum absolute atomic E-state index is 0.0300. The van der Waals surface area contributed by atoms with E-state index in [9.17, 15) is 9.59 Å². The largest absolute Gasteiger partial charge is 0.496 e. The van der Waals surface area contributed by atoms with Gasteiger partial charge in [-0.1, -0.05) is 12.1 Å². The van der Waals surface area contributed by atoms with Crippen molar-refractivity contribution in [1.29, 1.82) is 0 Å². The fourth-order valence-electron chi connectivity index (χ4n) is 4.53. The van der Waals surface area contributed by atoms with Gasteiger partial charge >= 0.3 is 0 Å². The normalized spacial score (nSPS) is 18.0. The first-order valence-corrected chi connectivity index (χ1v) is 10.7. The summed E-state index contributed by atoms with van der Waals surface area (Å²) in [5.41, 5.74) is 3.51. The Morgan fingerprint density at radius 2 is 2.00 bits per heavy atom. The van der Waals surface area contributed by atoms with Crippen LogP contribution in [0.2, 0.25) is 0 Å². The highest BCUT2D eigenvalue weighted by Crippen LogP contribution is 2.32. The molecule has 3 heterocycles. The number of nitrogens with one attached hydrogen (secondary N) is 1. The van der Waals surface area contributed by atoms with E-state index in [0.717, 1.165) is 41.3 Å². The number of hydrogen-bond donors (Lipinski definition) is 1. The number of likely N-dealkylation sites (tertiary alicyclic amines) is 1. The van der Waals surface area contributed by atoms with Crippen LogP contribution in [0.15, 0.2) is 18.2 Å². The summed E-state index contributed by atoms with van der Waals surface area (Å²) >= 11 is 0. The van der Waals surface area contributed by atoms with Gasteiger partial charge in [0.1, 0.15) is 17.4 Å². The zero-order valence-corrected chi connectivity index (χ0v) is 18.6. The van der Waals surface area contributed by atoms with Gasteiger partial charge in [0.15, 0.2) is 0 Å². The average Bonchev–Trinajstić information content (AvgIpc) is 3.27. The summed E-state index contributed by atoms with van der Waals surface area (Å²) in [6.07, 6.45) is 1.55. The molecule has 1 atom stereocenters. The van der Waals surface area contributed by atoms with Crippen molar-refractivity contribution >= 4 is 17.6 Å². The third-order valence-electron chi connectivity index (χ3n) is 6.25. The maximum atomic E-state index is 13.2. The molecule has 0 spiro atoms. The Bertz CT molecular complexity index is 1020. The monoisotopic (exact) mass is 423 g/mol. The summed E-state index contributed by atoms with van der Waals surface area (Å²) < 4.78 is 5.48. The number of carbonyl (C=O) groups excluding carboxylic acids is 2. The molecule has 1 N–H and O–H groups in total. The van der Waals surface area contributed by atoms with Crippen molar-refractivity contribution in [3.63, 3.8) is 0 Å². The highest BCUT2D eigenvalue weighted by atomic mass is 16.5. The van der Waals surface area contributed by atoms with E-state index in [1.807, 2.05) is 42.0 Å². The predicted octanol–water partition coefficient (Wildman–Crippen LogP) is 2.37. The van der Waals surface area contributed by atoms with Crippen LogP contribution in [0.1, 0.15) is 52.3 Å². The molecule has 2 aromatic rings. The summed E-state index contributed by atoms with van der Waals surface area (Å²) in [6.45, 7) is 5.93. The van der Waals surface area contributed by atoms with Gasteiger partial charge < -0.3 is 19.9 Å². The summed E-state index contributed by atoms with van der Waals surface area (Å²) in [5.74, 6) is 2.28. The molecule has 1 aromatic carbocycles. The van der Waals surface area contributed by atoms with Crippen molar-refractivity contribution in [3.05, 3.63) is 46.4 Å². The van der Waals surface area contributed by atoms with Crippen molar-refractivity contribution in [3.8, 4) is 5.75 Å². The molecule has 0 saturated carbocycles. The second-order valence-electron chi connectivity index (χ2n) is 8.19. The van der Waals surface area contributed by atoms with Crippen LogP contribution in [0.25, 0.3) is 0 Å². The predicted molar refractivity (Wildman–Crippen MR) is 117 cm³/mol. The first-order chi connectivity index (χ1) is 14.9. The van der Waals surface area contributed by atoms with Crippen molar-refractivity contribution in [2.75, 3.05) is 39.1 Å². The Morgan fingerprint density at radius 1 is 1.19 bits per heavy atom. The molecule has 2 amide bonds. The molecule has 1 aromatic heterocycles. The van der Waals surface area contributed by atoms with Crippen LogP contribution in [0.5, 0.6) is 5.75 Å². The van der Waals surface area contributed by atoms with Crippen molar-refractivity contribution < 1.29 is 14.3 Å². The molecule has 8 heteroatoms. The number of rotatable bonds is 4. The van der Waals surface area contributed by atoms with Crippen LogP contribution in [-0.4, -0.2) is 65.4 Å². The van der Waals surface area contributed by atoms with Gasteiger partial charge in [-0.05, 0) is 31.4 Å². The molecule has 164 valence electrons. The molecule has 1 saturated heterocycles. The highest BCUT2D eigenvalue weighted by molar-refractivity contribution is 5.97. The number of para-hydroxylation sites is 1. The Balaban J connectivity index is 1.57. The van der Waals surface area contributed by atoms with Crippen LogP contribution < -0.4 is 10.1 Å². The number of hydrogen-bond acceptors (Lipinski definition) is 6. The molecule has 1 unspecified atom stereocenters. The van der Waals surface area contributed by atoms with Crippen molar-refractivity contribution in [2.24, 2.45) is 0 Å². The summed E-state index contributed by atoms with van der Waals surface area (Å²) in [5, 5.41) is 3.19. The Morgan fingerprint density at radius 3 is 2.71 bits per heavy atom. The van der Waals surface area contributed by atoms with E-state index < -0.39 is 0 Å². The number of amides is 2. The van der Waals surface area contributed by atoms with Crippen LogP contribution in [0, 0.1) is 6.92 Å². The van der Waals surface area contributed by atoms with Crippen molar-refractivity contribution in [2.45, 2.75) is 39.2 Å². The van der Waals surface area contributed by atoms with Gasteiger partial charge in [-0.3, -0.25) is 9.59 Å². The second-order valence-corrected chi connectivity index (χ2v) is 8.19. The van der Waals surface area contributed by atoms with Crippen LogP contribution >= 0.6 is 0 Å². The summed E-state index contributed by atoms with van der Waals surface area (Å²) in [6, 6.07) is 5.63. The number of nitrogens with zero attached hydrogens (tertiary/aromatic N) is 4. The van der Waals surface area contributed by atoms with Gasteiger partial charge in [0, 0.05) is 45.1 Å². The van der Waals surface area contributed by atoms with Gasteiger partial charge in [-0.25, -0.2) is 9.97 Å². The van der Waals surface area contributed by atoms with E-state index in [1.54, 1.807) is 14.0 Å². The fourth-order valence-corrected chi connectivity index (χ4v) is 4.53. The lowest BCUT2D eigenvalue weighted by Gasteiger charge is -2.29. The van der Waals surface area contributed by atoms with E-state index in [1.165, 1.54) is 0 Å². The zero-order valence-electron chi connectivity index (χ0n) is 18.6. The SMILES string of the molecule is CNc1nc(C2CCN(C(=O)c3cccc(C)c3OC)C2)nc2c1CCN(C(C)=O)C2. The van der Waals surface area contributed by atoms with Gasteiger partial charge in [0.2, 0.25) is 5.91 Å². The molecule has 0 radical (unpaired) electrons. The number of anilines is 1. The highest BCUT2D eigenvalue weighted by Gasteiger charge is 2.33. The number of benzene rings is 1. The molecular weight excluding hydrogens is 394 g/mol. The standard InChI is InChI=1S/C23H29N5O3/c1-14-6-5-7-18(20(14)31-4)23(30)28-10-8-16(12-28)21-25-19-13-27(15(2)29)11-9-17(19)22(24-3)26-21/h5-7,16H,8-13H2,1-4H3,(H,24,25,26). The van der Waals surface area contributed by atoms with E-state index >= 15 is 0 Å². The first kappa shape index (κ1) is 21.1. The second kappa shape index (κ2) is 8.53. The van der Waals surface area contributed by atoms with Crippen LogP contribution in [0.4, 0.5) is 5.82 Å². The molecule has 4 rings (SSSR count). The molecule has 1 fully saturated rings. The third-order valence-corrected chi connectivity index (χ3v) is 6.25. The van der Waals surface area contributed by atoms with Gasteiger partial charge in [0.25, 0.3) is 5.91 Å². The molecule has 0 aliphatic carbocycles. The molecule has 31 heavy (non-hydrogen) atoms. The maximum absolute atomic E-state index is 13.2. The molecule has 0 bridgehead atoms.